The van der Waals surface area contributed by atoms with Crippen molar-refractivity contribution in [3.05, 3.63) is 22.7 Å². The van der Waals surface area contributed by atoms with E-state index in [9.17, 15) is 9.90 Å². The van der Waals surface area contributed by atoms with Crippen LogP contribution in [-0.4, -0.2) is 49.5 Å². The molecule has 2 heterocycles. The lowest BCUT2D eigenvalue weighted by molar-refractivity contribution is -0.122. The Labute approximate surface area is 133 Å². The molecule has 0 saturated carbocycles. The average molecular weight is 327 g/mol. The first-order chi connectivity index (χ1) is 10.6. The molecule has 0 radical (unpaired) electrons. The topological polar surface area (TPSA) is 79.8 Å². The number of hydrogen-bond acceptors (Lipinski definition) is 5. The van der Waals surface area contributed by atoms with Gasteiger partial charge in [-0.1, -0.05) is 11.6 Å². The van der Waals surface area contributed by atoms with Crippen LogP contribution in [0.2, 0.25) is 5.02 Å². The quantitative estimate of drug-likeness (QED) is 0.750. The van der Waals surface area contributed by atoms with Crippen LogP contribution in [0.1, 0.15) is 12.0 Å². The summed E-state index contributed by atoms with van der Waals surface area (Å²) in [6.07, 6.45) is 0.673. The second-order valence-electron chi connectivity index (χ2n) is 5.49. The summed E-state index contributed by atoms with van der Waals surface area (Å²) in [5.41, 5.74) is 0.981. The molecule has 3 N–H and O–H groups in total. The minimum Gasteiger partial charge on any atom is -0.486 e. The number of fused-ring (bicyclic) bond motifs is 1. The molecule has 120 valence electrons. The van der Waals surface area contributed by atoms with Gasteiger partial charge in [0.15, 0.2) is 11.5 Å². The number of β-amino-alcohol motifs (C(OH)–C–C–N with tert-alkyl or cyclic N) is 1. The molecule has 0 aliphatic carbocycles. The second kappa shape index (κ2) is 6.73. The van der Waals surface area contributed by atoms with Crippen molar-refractivity contribution in [2.24, 2.45) is 0 Å². The number of ether oxygens (including phenoxy) is 2. The van der Waals surface area contributed by atoms with E-state index in [1.165, 1.54) is 0 Å². The zero-order valence-electron chi connectivity index (χ0n) is 12.1. The molecule has 22 heavy (non-hydrogen) atoms. The van der Waals surface area contributed by atoms with Gasteiger partial charge in [-0.3, -0.25) is 4.79 Å². The molecule has 1 aromatic rings. The van der Waals surface area contributed by atoms with Gasteiger partial charge in [0.2, 0.25) is 5.91 Å². The second-order valence-corrected chi connectivity index (χ2v) is 5.90. The Bertz CT molecular complexity index is 567. The summed E-state index contributed by atoms with van der Waals surface area (Å²) in [6.45, 7) is 1.99. The molecule has 3 rings (SSSR count). The highest BCUT2D eigenvalue weighted by Crippen LogP contribution is 2.38. The first kappa shape index (κ1) is 15.4. The lowest BCUT2D eigenvalue weighted by atomic mass is 10.1. The predicted molar refractivity (Wildman–Crippen MR) is 81.6 cm³/mol. The number of amides is 1. The minimum absolute atomic E-state index is 0.0832. The van der Waals surface area contributed by atoms with E-state index in [-0.39, 0.29) is 11.9 Å². The highest BCUT2D eigenvalue weighted by atomic mass is 35.5. The Morgan fingerprint density at radius 1 is 1.41 bits per heavy atom. The van der Waals surface area contributed by atoms with Crippen LogP contribution >= 0.6 is 11.6 Å². The summed E-state index contributed by atoms with van der Waals surface area (Å²) in [5.74, 6) is 1.16. The maximum Gasteiger partial charge on any atom is 0.237 e. The summed E-state index contributed by atoms with van der Waals surface area (Å²) in [7, 11) is 0. The fourth-order valence-electron chi connectivity index (χ4n) is 2.68. The van der Waals surface area contributed by atoms with Crippen LogP contribution in [0.25, 0.3) is 0 Å². The third-order valence-corrected chi connectivity index (χ3v) is 4.07. The fourth-order valence-corrected chi connectivity index (χ4v) is 2.97. The number of hydrogen-bond donors (Lipinski definition) is 3. The van der Waals surface area contributed by atoms with E-state index in [0.29, 0.717) is 55.7 Å². The Morgan fingerprint density at radius 3 is 3.00 bits per heavy atom. The van der Waals surface area contributed by atoms with Crippen LogP contribution in [0.3, 0.4) is 0 Å². The Morgan fingerprint density at radius 2 is 2.23 bits per heavy atom. The third kappa shape index (κ3) is 3.45. The van der Waals surface area contributed by atoms with E-state index in [1.54, 1.807) is 0 Å². The number of nitrogens with one attached hydrogen (secondary N) is 2. The van der Waals surface area contributed by atoms with Gasteiger partial charge in [0.25, 0.3) is 0 Å². The van der Waals surface area contributed by atoms with Crippen molar-refractivity contribution < 1.29 is 19.4 Å². The molecule has 2 atom stereocenters. The number of aliphatic hydroxyl groups excluding tert-OH is 1. The van der Waals surface area contributed by atoms with Gasteiger partial charge < -0.3 is 25.2 Å². The molecule has 2 aliphatic rings. The van der Waals surface area contributed by atoms with Gasteiger partial charge in [0.05, 0.1) is 17.2 Å². The standard InChI is InChI=1S/C15H19ClN2O4/c16-11-5-9(6-13-14(11)22-4-3-21-13)1-2-17-15(20)12-7-10(19)8-18-12/h5-6,10,12,18-19H,1-4,7-8H2,(H,17,20)/t10-,12-/m1/s1. The first-order valence-corrected chi connectivity index (χ1v) is 7.78. The molecule has 6 nitrogen and oxygen atoms in total. The highest BCUT2D eigenvalue weighted by Gasteiger charge is 2.27. The van der Waals surface area contributed by atoms with E-state index in [1.807, 2.05) is 12.1 Å². The first-order valence-electron chi connectivity index (χ1n) is 7.40. The lowest BCUT2D eigenvalue weighted by Gasteiger charge is -2.20. The molecule has 1 aromatic carbocycles. The number of carbonyl (C=O) groups is 1. The van der Waals surface area contributed by atoms with Gasteiger partial charge in [0, 0.05) is 13.1 Å². The van der Waals surface area contributed by atoms with Crippen LogP contribution in [0.4, 0.5) is 0 Å². The summed E-state index contributed by atoms with van der Waals surface area (Å²) >= 11 is 6.18. The number of carbonyl (C=O) groups excluding carboxylic acids is 1. The molecule has 0 unspecified atom stereocenters. The molecule has 1 saturated heterocycles. The number of rotatable bonds is 4. The molecule has 0 bridgehead atoms. The van der Waals surface area contributed by atoms with Gasteiger partial charge >= 0.3 is 0 Å². The van der Waals surface area contributed by atoms with Crippen molar-refractivity contribution in [3.8, 4) is 11.5 Å². The summed E-state index contributed by atoms with van der Waals surface area (Å²) in [6, 6.07) is 3.42. The molecular weight excluding hydrogens is 308 g/mol. The molecular formula is C15H19ClN2O4. The van der Waals surface area contributed by atoms with E-state index in [0.717, 1.165) is 5.56 Å². The summed E-state index contributed by atoms with van der Waals surface area (Å²) in [5, 5.41) is 15.8. The smallest absolute Gasteiger partial charge is 0.237 e. The molecule has 2 aliphatic heterocycles. The zero-order valence-corrected chi connectivity index (χ0v) is 12.9. The summed E-state index contributed by atoms with van der Waals surface area (Å²) < 4.78 is 11.0. The lowest BCUT2D eigenvalue weighted by Crippen LogP contribution is -2.41. The molecule has 0 aromatic heterocycles. The van der Waals surface area contributed by atoms with Crippen LogP contribution in [0.15, 0.2) is 12.1 Å². The van der Waals surface area contributed by atoms with Gasteiger partial charge in [0.1, 0.15) is 13.2 Å². The predicted octanol–water partition coefficient (Wildman–Crippen LogP) is 0.493. The Hall–Kier alpha value is -1.50. The van der Waals surface area contributed by atoms with E-state index < -0.39 is 6.10 Å². The SMILES string of the molecule is O=C(NCCc1cc(Cl)c2c(c1)OCCO2)[C@H]1C[C@@H](O)CN1. The maximum absolute atomic E-state index is 11.9. The monoisotopic (exact) mass is 326 g/mol. The van der Waals surface area contributed by atoms with E-state index in [4.69, 9.17) is 21.1 Å². The normalized spacial score (nSPS) is 23.4. The van der Waals surface area contributed by atoms with Crippen LogP contribution in [0, 0.1) is 0 Å². The van der Waals surface area contributed by atoms with Crippen molar-refractivity contribution in [1.82, 2.24) is 10.6 Å². The van der Waals surface area contributed by atoms with Crippen molar-refractivity contribution in [2.45, 2.75) is 25.0 Å². The van der Waals surface area contributed by atoms with Crippen LogP contribution in [-0.2, 0) is 11.2 Å². The Kier molecular flexibility index (Phi) is 4.71. The van der Waals surface area contributed by atoms with Crippen molar-refractivity contribution in [3.63, 3.8) is 0 Å². The number of aliphatic hydroxyl groups is 1. The number of halogens is 1. The Balaban J connectivity index is 1.53. The minimum atomic E-state index is -0.438. The average Bonchev–Trinajstić information content (AvgIpc) is 2.94. The van der Waals surface area contributed by atoms with Gasteiger partial charge in [-0.15, -0.1) is 0 Å². The van der Waals surface area contributed by atoms with Gasteiger partial charge in [-0.05, 0) is 30.5 Å². The molecule has 1 fully saturated rings. The fraction of sp³-hybridized carbons (Fsp3) is 0.533. The molecule has 7 heteroatoms. The van der Waals surface area contributed by atoms with Crippen molar-refractivity contribution >= 4 is 17.5 Å². The maximum atomic E-state index is 11.9. The van der Waals surface area contributed by atoms with Crippen molar-refractivity contribution in [1.29, 1.82) is 0 Å². The third-order valence-electron chi connectivity index (χ3n) is 3.79. The van der Waals surface area contributed by atoms with E-state index >= 15 is 0 Å². The number of benzene rings is 1. The highest BCUT2D eigenvalue weighted by molar-refractivity contribution is 6.32. The van der Waals surface area contributed by atoms with Gasteiger partial charge in [-0.2, -0.15) is 0 Å². The molecule has 0 spiro atoms. The van der Waals surface area contributed by atoms with Crippen LogP contribution < -0.4 is 20.1 Å². The van der Waals surface area contributed by atoms with Gasteiger partial charge in [-0.25, -0.2) is 0 Å². The zero-order chi connectivity index (χ0) is 15.5. The molecule has 1 amide bonds. The van der Waals surface area contributed by atoms with Crippen molar-refractivity contribution in [2.75, 3.05) is 26.3 Å². The van der Waals surface area contributed by atoms with E-state index in [2.05, 4.69) is 10.6 Å². The largest absolute Gasteiger partial charge is 0.486 e. The summed E-state index contributed by atoms with van der Waals surface area (Å²) in [4.78, 5) is 11.9. The van der Waals surface area contributed by atoms with Crippen LogP contribution in [0.5, 0.6) is 11.5 Å².